The average Bonchev–Trinajstić information content (AvgIpc) is 3.10. The van der Waals surface area contributed by atoms with E-state index in [9.17, 15) is 10.2 Å². The normalized spacial score (nSPS) is 45.7. The van der Waals surface area contributed by atoms with E-state index in [1.807, 2.05) is 12.1 Å². The van der Waals surface area contributed by atoms with E-state index >= 15 is 0 Å². The first kappa shape index (κ1) is 21.7. The van der Waals surface area contributed by atoms with Gasteiger partial charge in [0.1, 0.15) is 0 Å². The Balaban J connectivity index is 1.27. The van der Waals surface area contributed by atoms with Gasteiger partial charge in [0, 0.05) is 0 Å². The molecule has 0 heterocycles. The fraction of sp³-hybridized carbons (Fsp3) is 0.724. The summed E-state index contributed by atoms with van der Waals surface area (Å²) in [5.74, 6) is 3.96. The fourth-order valence-electron chi connectivity index (χ4n) is 8.89. The molecule has 2 heteroatoms. The molecule has 7 unspecified atom stereocenters. The van der Waals surface area contributed by atoms with Crippen molar-refractivity contribution in [2.24, 2.45) is 40.4 Å². The Labute approximate surface area is 189 Å². The highest BCUT2D eigenvalue weighted by Crippen LogP contribution is 2.67. The number of hydrogen-bond donors (Lipinski definition) is 2. The molecule has 31 heavy (non-hydrogen) atoms. The minimum absolute atomic E-state index is 0.0511. The lowest BCUT2D eigenvalue weighted by atomic mass is 9.44. The average molecular weight is 423 g/mol. The molecule has 0 aromatic heterocycles. The van der Waals surface area contributed by atoms with E-state index in [4.69, 9.17) is 0 Å². The van der Waals surface area contributed by atoms with Gasteiger partial charge in [0.15, 0.2) is 0 Å². The van der Waals surface area contributed by atoms with Gasteiger partial charge in [0.25, 0.3) is 0 Å². The lowest BCUT2D eigenvalue weighted by Crippen LogP contribution is -2.54. The molecule has 4 fully saturated rings. The molecular weight excluding hydrogens is 380 g/mol. The van der Waals surface area contributed by atoms with Crippen molar-refractivity contribution in [2.45, 2.75) is 90.3 Å². The SMILES string of the molecule is CC12CCC(O)CC1CCC1C2CCC2(C)C1CC[C@@H]2C[C@@H](O)/C=C/c1ccccc1. The number of hydrogen-bond acceptors (Lipinski definition) is 2. The second-order valence-electron chi connectivity index (χ2n) is 12.0. The summed E-state index contributed by atoms with van der Waals surface area (Å²) in [4.78, 5) is 0. The van der Waals surface area contributed by atoms with Gasteiger partial charge in [-0.05, 0) is 110 Å². The van der Waals surface area contributed by atoms with Gasteiger partial charge in [-0.1, -0.05) is 56.3 Å². The molecule has 0 aliphatic heterocycles. The van der Waals surface area contributed by atoms with Gasteiger partial charge in [0.05, 0.1) is 12.2 Å². The van der Waals surface area contributed by atoms with Gasteiger partial charge < -0.3 is 10.2 Å². The maximum atomic E-state index is 10.8. The van der Waals surface area contributed by atoms with Crippen molar-refractivity contribution < 1.29 is 10.2 Å². The van der Waals surface area contributed by atoms with Crippen LogP contribution in [0.3, 0.4) is 0 Å². The Bertz CT molecular complexity index is 787. The van der Waals surface area contributed by atoms with Crippen LogP contribution in [0.4, 0.5) is 0 Å². The van der Waals surface area contributed by atoms with Gasteiger partial charge in [-0.3, -0.25) is 0 Å². The molecule has 9 atom stereocenters. The van der Waals surface area contributed by atoms with Gasteiger partial charge in [0.2, 0.25) is 0 Å². The zero-order chi connectivity index (χ0) is 21.6. The first-order valence-corrected chi connectivity index (χ1v) is 13.0. The summed E-state index contributed by atoms with van der Waals surface area (Å²) in [6.07, 6.45) is 16.0. The lowest BCUT2D eigenvalue weighted by Gasteiger charge is -2.61. The van der Waals surface area contributed by atoms with Crippen molar-refractivity contribution in [1.82, 2.24) is 0 Å². The number of benzene rings is 1. The third-order valence-electron chi connectivity index (χ3n) is 10.7. The summed E-state index contributed by atoms with van der Waals surface area (Å²) in [7, 11) is 0. The van der Waals surface area contributed by atoms with Crippen molar-refractivity contribution in [2.75, 3.05) is 0 Å². The van der Waals surface area contributed by atoms with Crippen molar-refractivity contribution >= 4 is 6.08 Å². The predicted octanol–water partition coefficient (Wildman–Crippen LogP) is 6.47. The van der Waals surface area contributed by atoms with Gasteiger partial charge >= 0.3 is 0 Å². The fourth-order valence-corrected chi connectivity index (χ4v) is 8.89. The molecule has 1 aromatic rings. The van der Waals surface area contributed by atoms with Crippen LogP contribution in [0, 0.1) is 40.4 Å². The molecule has 2 N–H and O–H groups in total. The lowest BCUT2D eigenvalue weighted by molar-refractivity contribution is -0.127. The van der Waals surface area contributed by atoms with E-state index in [0.717, 1.165) is 42.9 Å². The molecule has 0 saturated heterocycles. The maximum absolute atomic E-state index is 10.8. The highest BCUT2D eigenvalue weighted by molar-refractivity contribution is 5.49. The first-order chi connectivity index (χ1) is 14.9. The Hall–Kier alpha value is -1.12. The number of aliphatic hydroxyl groups is 2. The smallest absolute Gasteiger partial charge is 0.0727 e. The Morgan fingerprint density at radius 1 is 0.935 bits per heavy atom. The third-order valence-corrected chi connectivity index (χ3v) is 10.7. The summed E-state index contributed by atoms with van der Waals surface area (Å²) in [5, 5.41) is 21.1. The molecule has 170 valence electrons. The van der Waals surface area contributed by atoms with Crippen LogP contribution in [0.15, 0.2) is 36.4 Å². The molecule has 0 radical (unpaired) electrons. The van der Waals surface area contributed by atoms with E-state index in [2.05, 4.69) is 44.2 Å². The van der Waals surface area contributed by atoms with Crippen LogP contribution in [-0.2, 0) is 0 Å². The maximum Gasteiger partial charge on any atom is 0.0727 e. The van der Waals surface area contributed by atoms with Gasteiger partial charge in [-0.15, -0.1) is 0 Å². The van der Waals surface area contributed by atoms with Crippen LogP contribution >= 0.6 is 0 Å². The first-order valence-electron chi connectivity index (χ1n) is 13.0. The number of fused-ring (bicyclic) bond motifs is 5. The Morgan fingerprint density at radius 2 is 1.68 bits per heavy atom. The standard InChI is InChI=1S/C29H42O2/c1-28-16-14-24(31)19-21(28)9-12-25-26-13-10-22(29(26,2)17-15-27(25)28)18-23(30)11-8-20-6-4-3-5-7-20/h3-8,11,21-27,30-31H,9-10,12-19H2,1-2H3/b11-8+/t21?,22-,23+,24?,25?,26?,27?,28?,29?/m1/s1. The summed E-state index contributed by atoms with van der Waals surface area (Å²) in [5.41, 5.74) is 2.03. The minimum atomic E-state index is -0.341. The van der Waals surface area contributed by atoms with Crippen LogP contribution in [0.1, 0.15) is 83.6 Å². The number of aliphatic hydroxyl groups excluding tert-OH is 2. The van der Waals surface area contributed by atoms with E-state index in [-0.39, 0.29) is 12.2 Å². The Morgan fingerprint density at radius 3 is 2.48 bits per heavy atom. The highest BCUT2D eigenvalue weighted by atomic mass is 16.3. The van der Waals surface area contributed by atoms with E-state index in [1.54, 1.807) is 0 Å². The molecule has 4 saturated carbocycles. The zero-order valence-corrected chi connectivity index (χ0v) is 19.5. The van der Waals surface area contributed by atoms with Gasteiger partial charge in [-0.2, -0.15) is 0 Å². The summed E-state index contributed by atoms with van der Waals surface area (Å²) < 4.78 is 0. The monoisotopic (exact) mass is 422 g/mol. The summed E-state index contributed by atoms with van der Waals surface area (Å²) in [6, 6.07) is 10.3. The van der Waals surface area contributed by atoms with Crippen LogP contribution < -0.4 is 0 Å². The topological polar surface area (TPSA) is 40.5 Å². The summed E-state index contributed by atoms with van der Waals surface area (Å²) >= 11 is 0. The van der Waals surface area contributed by atoms with Crippen molar-refractivity contribution in [3.05, 3.63) is 42.0 Å². The van der Waals surface area contributed by atoms with E-state index in [0.29, 0.717) is 16.7 Å². The molecule has 0 bridgehead atoms. The predicted molar refractivity (Wildman–Crippen MR) is 127 cm³/mol. The minimum Gasteiger partial charge on any atom is -0.393 e. The van der Waals surface area contributed by atoms with Crippen LogP contribution in [-0.4, -0.2) is 22.4 Å². The molecule has 5 rings (SSSR count). The van der Waals surface area contributed by atoms with Gasteiger partial charge in [-0.25, -0.2) is 0 Å². The van der Waals surface area contributed by atoms with E-state index < -0.39 is 0 Å². The molecule has 2 nitrogen and oxygen atoms in total. The second kappa shape index (κ2) is 8.34. The molecule has 4 aliphatic rings. The third kappa shape index (κ3) is 3.82. The summed E-state index contributed by atoms with van der Waals surface area (Å²) in [6.45, 7) is 5.14. The van der Waals surface area contributed by atoms with E-state index in [1.165, 1.54) is 50.5 Å². The quantitative estimate of drug-likeness (QED) is 0.584. The Kier molecular flexibility index (Phi) is 5.84. The number of rotatable bonds is 4. The molecule has 0 amide bonds. The molecule has 1 aromatic carbocycles. The molecule has 4 aliphatic carbocycles. The van der Waals surface area contributed by atoms with Crippen LogP contribution in [0.25, 0.3) is 6.08 Å². The van der Waals surface area contributed by atoms with Crippen molar-refractivity contribution in [3.8, 4) is 0 Å². The van der Waals surface area contributed by atoms with Crippen LogP contribution in [0.2, 0.25) is 0 Å². The van der Waals surface area contributed by atoms with Crippen LogP contribution in [0.5, 0.6) is 0 Å². The second-order valence-corrected chi connectivity index (χ2v) is 12.0. The molecular formula is C29H42O2. The molecule has 0 spiro atoms. The highest BCUT2D eigenvalue weighted by Gasteiger charge is 2.60. The van der Waals surface area contributed by atoms with Crippen molar-refractivity contribution in [1.29, 1.82) is 0 Å². The zero-order valence-electron chi connectivity index (χ0n) is 19.5. The van der Waals surface area contributed by atoms with Crippen molar-refractivity contribution in [3.63, 3.8) is 0 Å². The largest absolute Gasteiger partial charge is 0.393 e.